The highest BCUT2D eigenvalue weighted by atomic mass is 35.5. The van der Waals surface area contributed by atoms with Crippen molar-refractivity contribution in [1.82, 2.24) is 14.8 Å². The minimum absolute atomic E-state index is 0.209. The number of anilines is 1. The zero-order chi connectivity index (χ0) is 20.5. The second-order valence-corrected chi connectivity index (χ2v) is 6.72. The number of halogens is 2. The molecule has 4 aromatic rings. The number of fused-ring (bicyclic) bond motifs is 1. The van der Waals surface area contributed by atoms with E-state index in [-0.39, 0.29) is 16.4 Å². The highest BCUT2D eigenvalue weighted by Crippen LogP contribution is 2.30. The van der Waals surface area contributed by atoms with E-state index in [2.05, 4.69) is 15.4 Å². The van der Waals surface area contributed by atoms with E-state index in [4.69, 9.17) is 16.3 Å². The Morgan fingerprint density at radius 3 is 2.48 bits per heavy atom. The van der Waals surface area contributed by atoms with Gasteiger partial charge in [-0.25, -0.2) is 14.1 Å². The number of aryl methyl sites for hydroxylation is 1. The second-order valence-electron chi connectivity index (χ2n) is 6.34. The Morgan fingerprint density at radius 1 is 1.14 bits per heavy atom. The molecule has 29 heavy (non-hydrogen) atoms. The van der Waals surface area contributed by atoms with E-state index in [0.717, 1.165) is 11.4 Å². The van der Waals surface area contributed by atoms with Crippen LogP contribution in [0.2, 0.25) is 5.02 Å². The molecular weight excluding hydrogens is 395 g/mol. The molecule has 0 aliphatic carbocycles. The summed E-state index contributed by atoms with van der Waals surface area (Å²) in [4.78, 5) is 17.1. The number of nitrogens with zero attached hydrogens (tertiary/aromatic N) is 3. The van der Waals surface area contributed by atoms with E-state index in [9.17, 15) is 9.18 Å². The Bertz CT molecular complexity index is 1200. The molecule has 6 nitrogen and oxygen atoms in total. The zero-order valence-corrected chi connectivity index (χ0v) is 16.4. The molecule has 0 saturated heterocycles. The maximum absolute atomic E-state index is 13.1. The van der Waals surface area contributed by atoms with Crippen molar-refractivity contribution < 1.29 is 13.9 Å². The molecule has 0 aliphatic rings. The molecule has 0 aliphatic heterocycles. The molecule has 0 bridgehead atoms. The van der Waals surface area contributed by atoms with Crippen LogP contribution in [0.15, 0.2) is 54.7 Å². The van der Waals surface area contributed by atoms with Gasteiger partial charge in [-0.3, -0.25) is 4.79 Å². The maximum atomic E-state index is 13.1. The van der Waals surface area contributed by atoms with E-state index < -0.39 is 5.91 Å². The first-order chi connectivity index (χ1) is 14.0. The molecule has 2 heterocycles. The van der Waals surface area contributed by atoms with Gasteiger partial charge in [-0.1, -0.05) is 11.6 Å². The lowest BCUT2D eigenvalue weighted by molar-refractivity contribution is 0.102. The number of rotatable bonds is 4. The maximum Gasteiger partial charge on any atom is 0.258 e. The van der Waals surface area contributed by atoms with Crippen molar-refractivity contribution in [2.75, 3.05) is 12.4 Å². The summed E-state index contributed by atoms with van der Waals surface area (Å²) in [5.41, 5.74) is 2.64. The van der Waals surface area contributed by atoms with Crippen LogP contribution >= 0.6 is 11.6 Å². The Labute approximate surface area is 170 Å². The summed E-state index contributed by atoms with van der Waals surface area (Å²) < 4.78 is 19.9. The number of amides is 1. The summed E-state index contributed by atoms with van der Waals surface area (Å²) >= 11 is 6.55. The highest BCUT2D eigenvalue weighted by Gasteiger charge is 2.20. The molecule has 0 radical (unpaired) electrons. The first-order valence-corrected chi connectivity index (χ1v) is 9.11. The van der Waals surface area contributed by atoms with Gasteiger partial charge >= 0.3 is 0 Å². The summed E-state index contributed by atoms with van der Waals surface area (Å²) in [5.74, 6) is -0.0917. The monoisotopic (exact) mass is 410 g/mol. The molecule has 1 N–H and O–H groups in total. The third kappa shape index (κ3) is 3.52. The number of carbonyl (C=O) groups is 1. The van der Waals surface area contributed by atoms with Gasteiger partial charge in [0, 0.05) is 11.9 Å². The van der Waals surface area contributed by atoms with Gasteiger partial charge in [0.1, 0.15) is 11.6 Å². The van der Waals surface area contributed by atoms with Crippen LogP contribution in [0.5, 0.6) is 5.75 Å². The Morgan fingerprint density at radius 2 is 1.83 bits per heavy atom. The SMILES string of the molecule is COc1ccc(-n2nc(C)c3c(Cl)c(C(=O)Nc4ccc(F)cc4)cnc32)cc1. The first-order valence-electron chi connectivity index (χ1n) is 8.73. The van der Waals surface area contributed by atoms with Crippen LogP contribution < -0.4 is 10.1 Å². The van der Waals surface area contributed by atoms with Gasteiger partial charge in [0.05, 0.1) is 34.5 Å². The van der Waals surface area contributed by atoms with Crippen molar-refractivity contribution in [2.24, 2.45) is 0 Å². The average Bonchev–Trinajstić information content (AvgIpc) is 3.07. The largest absolute Gasteiger partial charge is 0.497 e. The fraction of sp³-hybridized carbons (Fsp3) is 0.0952. The van der Waals surface area contributed by atoms with Gasteiger partial charge in [0.15, 0.2) is 5.65 Å². The third-order valence-electron chi connectivity index (χ3n) is 4.47. The third-order valence-corrected chi connectivity index (χ3v) is 4.86. The van der Waals surface area contributed by atoms with Crippen LogP contribution in [0, 0.1) is 12.7 Å². The van der Waals surface area contributed by atoms with E-state index in [0.29, 0.717) is 22.4 Å². The van der Waals surface area contributed by atoms with Crippen molar-refractivity contribution in [2.45, 2.75) is 6.92 Å². The van der Waals surface area contributed by atoms with Gasteiger partial charge in [0.25, 0.3) is 5.91 Å². The Kier molecular flexibility index (Phi) is 4.90. The fourth-order valence-electron chi connectivity index (χ4n) is 3.00. The lowest BCUT2D eigenvalue weighted by Gasteiger charge is -2.08. The molecule has 0 atom stereocenters. The summed E-state index contributed by atoms with van der Waals surface area (Å²) in [6, 6.07) is 12.8. The average molecular weight is 411 g/mol. The van der Waals surface area contributed by atoms with E-state index in [1.807, 2.05) is 24.3 Å². The van der Waals surface area contributed by atoms with Crippen molar-refractivity contribution >= 4 is 34.2 Å². The Hall–Kier alpha value is -3.45. The number of hydrogen-bond acceptors (Lipinski definition) is 4. The summed E-state index contributed by atoms with van der Waals surface area (Å²) in [5, 5.41) is 8.06. The number of carbonyl (C=O) groups excluding carboxylic acids is 1. The minimum atomic E-state index is -0.437. The quantitative estimate of drug-likeness (QED) is 0.525. The molecule has 146 valence electrons. The van der Waals surface area contributed by atoms with Crippen LogP contribution in [0.4, 0.5) is 10.1 Å². The first kappa shape index (κ1) is 18.9. The van der Waals surface area contributed by atoms with Crippen molar-refractivity contribution in [3.05, 3.63) is 76.8 Å². The molecule has 2 aromatic carbocycles. The normalized spacial score (nSPS) is 10.9. The number of aromatic nitrogens is 3. The number of methoxy groups -OCH3 is 1. The summed E-state index contributed by atoms with van der Waals surface area (Å²) in [7, 11) is 1.60. The van der Waals surface area contributed by atoms with Crippen molar-refractivity contribution in [1.29, 1.82) is 0 Å². The number of hydrogen-bond donors (Lipinski definition) is 1. The summed E-state index contributed by atoms with van der Waals surface area (Å²) in [6.07, 6.45) is 1.41. The smallest absolute Gasteiger partial charge is 0.258 e. The second kappa shape index (κ2) is 7.52. The Balaban J connectivity index is 1.73. The minimum Gasteiger partial charge on any atom is -0.497 e. The molecule has 8 heteroatoms. The van der Waals surface area contributed by atoms with E-state index in [1.54, 1.807) is 18.7 Å². The molecule has 0 saturated carbocycles. The predicted octanol–water partition coefficient (Wildman–Crippen LogP) is 4.78. The van der Waals surface area contributed by atoms with Crippen LogP contribution in [-0.4, -0.2) is 27.8 Å². The standard InChI is InChI=1S/C21H16ClFN4O2/c1-12-18-19(22)17(21(28)25-14-5-3-13(23)4-6-14)11-24-20(18)27(26-12)15-7-9-16(29-2)10-8-15/h3-11H,1-2H3,(H,25,28). The summed E-state index contributed by atoms with van der Waals surface area (Å²) in [6.45, 7) is 1.80. The fourth-order valence-corrected chi connectivity index (χ4v) is 3.36. The van der Waals surface area contributed by atoms with Gasteiger partial charge in [-0.15, -0.1) is 0 Å². The van der Waals surface area contributed by atoms with Gasteiger partial charge in [0.2, 0.25) is 0 Å². The topological polar surface area (TPSA) is 69.0 Å². The van der Waals surface area contributed by atoms with Crippen molar-refractivity contribution in [3.8, 4) is 11.4 Å². The van der Waals surface area contributed by atoms with Crippen LogP contribution in [-0.2, 0) is 0 Å². The van der Waals surface area contributed by atoms with Crippen LogP contribution in [0.1, 0.15) is 16.1 Å². The molecule has 4 rings (SSSR count). The lowest BCUT2D eigenvalue weighted by atomic mass is 10.2. The molecule has 0 fully saturated rings. The molecule has 1 amide bonds. The van der Waals surface area contributed by atoms with Gasteiger partial charge in [-0.2, -0.15) is 5.10 Å². The molecule has 0 spiro atoms. The van der Waals surface area contributed by atoms with Gasteiger partial charge in [-0.05, 0) is 55.5 Å². The number of benzene rings is 2. The zero-order valence-electron chi connectivity index (χ0n) is 15.6. The highest BCUT2D eigenvalue weighted by molar-refractivity contribution is 6.39. The number of pyridine rings is 1. The lowest BCUT2D eigenvalue weighted by Crippen LogP contribution is -2.13. The number of ether oxygens (including phenoxy) is 1. The van der Waals surface area contributed by atoms with E-state index >= 15 is 0 Å². The van der Waals surface area contributed by atoms with E-state index in [1.165, 1.54) is 30.5 Å². The number of nitrogens with one attached hydrogen (secondary N) is 1. The van der Waals surface area contributed by atoms with Gasteiger partial charge < -0.3 is 10.1 Å². The molecule has 2 aromatic heterocycles. The van der Waals surface area contributed by atoms with Crippen LogP contribution in [0.3, 0.4) is 0 Å². The predicted molar refractivity (Wildman–Crippen MR) is 110 cm³/mol. The molecule has 0 unspecified atom stereocenters. The van der Waals surface area contributed by atoms with Crippen molar-refractivity contribution in [3.63, 3.8) is 0 Å². The van der Waals surface area contributed by atoms with Crippen LogP contribution in [0.25, 0.3) is 16.7 Å². The molecular formula is C21H16ClFN4O2.